The minimum Gasteiger partial charge on any atom is -0.467 e. The van der Waals surface area contributed by atoms with Crippen LogP contribution in [0.2, 0.25) is 0 Å². The van der Waals surface area contributed by atoms with Gasteiger partial charge in [-0.05, 0) is 19.1 Å². The maximum absolute atomic E-state index is 11.1. The van der Waals surface area contributed by atoms with Crippen LogP contribution in [0.3, 0.4) is 0 Å². The van der Waals surface area contributed by atoms with Crippen molar-refractivity contribution < 1.29 is 9.53 Å². The molecular formula is C9H13N3O2. The van der Waals surface area contributed by atoms with Gasteiger partial charge in [-0.15, -0.1) is 0 Å². The summed E-state index contributed by atoms with van der Waals surface area (Å²) in [6.45, 7) is 1.69. The first-order chi connectivity index (χ1) is 6.65. The van der Waals surface area contributed by atoms with Gasteiger partial charge in [0.15, 0.2) is 0 Å². The third-order valence-corrected chi connectivity index (χ3v) is 1.77. The Kier molecular flexibility index (Phi) is 3.28. The van der Waals surface area contributed by atoms with E-state index in [9.17, 15) is 4.79 Å². The smallest absolute Gasteiger partial charge is 0.327 e. The van der Waals surface area contributed by atoms with Crippen LogP contribution in [0.1, 0.15) is 6.92 Å². The van der Waals surface area contributed by atoms with Gasteiger partial charge in [-0.25, -0.2) is 9.78 Å². The molecule has 0 saturated carbocycles. The van der Waals surface area contributed by atoms with Crippen LogP contribution in [0.4, 0.5) is 11.5 Å². The summed E-state index contributed by atoms with van der Waals surface area (Å²) in [6, 6.07) is 3.05. The topological polar surface area (TPSA) is 77.2 Å². The highest BCUT2D eigenvalue weighted by atomic mass is 16.5. The van der Waals surface area contributed by atoms with Gasteiger partial charge in [-0.1, -0.05) is 0 Å². The molecule has 1 rings (SSSR count). The molecule has 0 amide bonds. The number of pyridine rings is 1. The summed E-state index contributed by atoms with van der Waals surface area (Å²) in [5.41, 5.74) is 6.21. The average Bonchev–Trinajstić information content (AvgIpc) is 2.20. The molecule has 3 N–H and O–H groups in total. The van der Waals surface area contributed by atoms with Gasteiger partial charge in [0.25, 0.3) is 0 Å². The zero-order valence-corrected chi connectivity index (χ0v) is 8.15. The van der Waals surface area contributed by atoms with Crippen LogP contribution < -0.4 is 11.1 Å². The highest BCUT2D eigenvalue weighted by Gasteiger charge is 2.13. The molecule has 0 saturated heterocycles. The Labute approximate surface area is 82.3 Å². The summed E-state index contributed by atoms with van der Waals surface area (Å²) in [5, 5.41) is 2.90. The molecule has 0 fully saturated rings. The molecule has 14 heavy (non-hydrogen) atoms. The number of anilines is 2. The normalized spacial score (nSPS) is 11.9. The Hall–Kier alpha value is -1.78. The minimum atomic E-state index is -0.438. The molecule has 5 nitrogen and oxygen atoms in total. The first kappa shape index (κ1) is 10.3. The average molecular weight is 195 g/mol. The van der Waals surface area contributed by atoms with Crippen LogP contribution in [0.15, 0.2) is 18.3 Å². The molecule has 0 aliphatic carbocycles. The van der Waals surface area contributed by atoms with Crippen molar-refractivity contribution in [1.82, 2.24) is 4.98 Å². The number of nitrogens with zero attached hydrogens (tertiary/aromatic N) is 1. The van der Waals surface area contributed by atoms with E-state index in [1.165, 1.54) is 7.11 Å². The van der Waals surface area contributed by atoms with Crippen molar-refractivity contribution in [3.8, 4) is 0 Å². The summed E-state index contributed by atoms with van der Waals surface area (Å²) >= 11 is 0. The van der Waals surface area contributed by atoms with E-state index in [1.807, 2.05) is 0 Å². The number of esters is 1. The third-order valence-electron chi connectivity index (χ3n) is 1.77. The fourth-order valence-corrected chi connectivity index (χ4v) is 1.01. The first-order valence-corrected chi connectivity index (χ1v) is 4.20. The monoisotopic (exact) mass is 195 g/mol. The van der Waals surface area contributed by atoms with E-state index in [1.54, 1.807) is 25.3 Å². The molecule has 0 radical (unpaired) electrons. The molecular weight excluding hydrogens is 182 g/mol. The third kappa shape index (κ3) is 2.35. The Morgan fingerprint density at radius 3 is 3.00 bits per heavy atom. The molecule has 0 bridgehead atoms. The maximum Gasteiger partial charge on any atom is 0.327 e. The quantitative estimate of drug-likeness (QED) is 0.692. The van der Waals surface area contributed by atoms with Gasteiger partial charge in [0.1, 0.15) is 11.9 Å². The van der Waals surface area contributed by atoms with Crippen LogP contribution in [0, 0.1) is 0 Å². The van der Waals surface area contributed by atoms with E-state index in [2.05, 4.69) is 15.0 Å². The SMILES string of the molecule is COC(=O)C(C)Nc1cccnc1N. The molecule has 0 aliphatic heterocycles. The number of nitrogen functional groups attached to an aromatic ring is 1. The molecule has 1 unspecified atom stereocenters. The van der Waals surface area contributed by atoms with E-state index in [4.69, 9.17) is 5.73 Å². The predicted molar refractivity (Wildman–Crippen MR) is 53.8 cm³/mol. The van der Waals surface area contributed by atoms with Gasteiger partial charge in [0, 0.05) is 6.20 Å². The van der Waals surface area contributed by atoms with Gasteiger partial charge in [-0.3, -0.25) is 0 Å². The van der Waals surface area contributed by atoms with Gasteiger partial charge in [0.2, 0.25) is 0 Å². The summed E-state index contributed by atoms with van der Waals surface area (Å²) in [7, 11) is 1.34. The fraction of sp³-hybridized carbons (Fsp3) is 0.333. The highest BCUT2D eigenvalue weighted by molar-refractivity contribution is 5.80. The summed E-state index contributed by atoms with van der Waals surface area (Å²) < 4.78 is 4.56. The summed E-state index contributed by atoms with van der Waals surface area (Å²) in [4.78, 5) is 15.0. The van der Waals surface area contributed by atoms with Crippen molar-refractivity contribution >= 4 is 17.5 Å². The van der Waals surface area contributed by atoms with E-state index in [-0.39, 0.29) is 5.97 Å². The minimum absolute atomic E-state index is 0.340. The van der Waals surface area contributed by atoms with Gasteiger partial charge in [0.05, 0.1) is 12.8 Å². The second kappa shape index (κ2) is 4.45. The number of hydrogen-bond donors (Lipinski definition) is 2. The second-order valence-corrected chi connectivity index (χ2v) is 2.83. The first-order valence-electron chi connectivity index (χ1n) is 4.20. The summed E-state index contributed by atoms with van der Waals surface area (Å²) in [6.07, 6.45) is 1.59. The van der Waals surface area contributed by atoms with Gasteiger partial charge < -0.3 is 15.8 Å². The lowest BCUT2D eigenvalue weighted by Crippen LogP contribution is -2.27. The number of carbonyl (C=O) groups excluding carboxylic acids is 1. The number of nitrogens with two attached hydrogens (primary N) is 1. The van der Waals surface area contributed by atoms with Crippen LogP contribution in [-0.2, 0) is 9.53 Å². The highest BCUT2D eigenvalue weighted by Crippen LogP contribution is 2.14. The lowest BCUT2D eigenvalue weighted by atomic mass is 10.3. The summed E-state index contributed by atoms with van der Waals surface area (Å²) in [5.74, 6) is 0.0245. The number of nitrogens with one attached hydrogen (secondary N) is 1. The number of methoxy groups -OCH3 is 1. The lowest BCUT2D eigenvalue weighted by molar-refractivity contribution is -0.141. The van der Waals surface area contributed by atoms with Gasteiger partial charge >= 0.3 is 5.97 Å². The number of aromatic nitrogens is 1. The standard InChI is InChI=1S/C9H13N3O2/c1-6(9(13)14-2)12-7-4-3-5-11-8(7)10/h3-6,12H,1-2H3,(H2,10,11). The van der Waals surface area contributed by atoms with E-state index < -0.39 is 6.04 Å². The fourth-order valence-electron chi connectivity index (χ4n) is 1.01. The van der Waals surface area contributed by atoms with Crippen molar-refractivity contribution in [2.24, 2.45) is 0 Å². The van der Waals surface area contributed by atoms with Crippen molar-refractivity contribution in [2.45, 2.75) is 13.0 Å². The number of hydrogen-bond acceptors (Lipinski definition) is 5. The van der Waals surface area contributed by atoms with E-state index in [0.717, 1.165) is 0 Å². The van der Waals surface area contributed by atoms with Crippen LogP contribution in [-0.4, -0.2) is 24.1 Å². The van der Waals surface area contributed by atoms with Crippen LogP contribution in [0.5, 0.6) is 0 Å². The zero-order valence-electron chi connectivity index (χ0n) is 8.15. The number of ether oxygens (including phenoxy) is 1. The molecule has 76 valence electrons. The molecule has 0 spiro atoms. The van der Waals surface area contributed by atoms with Crippen molar-refractivity contribution in [3.63, 3.8) is 0 Å². The Bertz CT molecular complexity index is 328. The largest absolute Gasteiger partial charge is 0.467 e. The molecule has 1 atom stereocenters. The van der Waals surface area contributed by atoms with Crippen LogP contribution >= 0.6 is 0 Å². The van der Waals surface area contributed by atoms with Crippen LogP contribution in [0.25, 0.3) is 0 Å². The molecule has 5 heteroatoms. The van der Waals surface area contributed by atoms with E-state index >= 15 is 0 Å². The number of rotatable bonds is 3. The van der Waals surface area contributed by atoms with E-state index in [0.29, 0.717) is 11.5 Å². The Balaban J connectivity index is 2.69. The molecule has 0 aliphatic rings. The Morgan fingerprint density at radius 1 is 1.71 bits per heavy atom. The molecule has 0 aromatic carbocycles. The number of carbonyl (C=O) groups is 1. The molecule has 1 heterocycles. The van der Waals surface area contributed by atoms with Crippen molar-refractivity contribution in [2.75, 3.05) is 18.2 Å². The van der Waals surface area contributed by atoms with Crippen molar-refractivity contribution in [3.05, 3.63) is 18.3 Å². The Morgan fingerprint density at radius 2 is 2.43 bits per heavy atom. The predicted octanol–water partition coefficient (Wildman–Crippen LogP) is 0.637. The maximum atomic E-state index is 11.1. The molecule has 1 aromatic rings. The lowest BCUT2D eigenvalue weighted by Gasteiger charge is -2.13. The van der Waals surface area contributed by atoms with Gasteiger partial charge in [-0.2, -0.15) is 0 Å². The molecule has 1 aromatic heterocycles. The van der Waals surface area contributed by atoms with Crippen molar-refractivity contribution in [1.29, 1.82) is 0 Å². The zero-order chi connectivity index (χ0) is 10.6. The second-order valence-electron chi connectivity index (χ2n) is 2.83.